The molecule has 1 rings (SSSR count). The van der Waals surface area contributed by atoms with Gasteiger partial charge >= 0.3 is 5.97 Å². The number of rotatable bonds is 1. The van der Waals surface area contributed by atoms with Crippen molar-refractivity contribution in [2.75, 3.05) is 7.05 Å². The Morgan fingerprint density at radius 1 is 1.50 bits per heavy atom. The minimum atomic E-state index is -0.123. The summed E-state index contributed by atoms with van der Waals surface area (Å²) in [5.41, 5.74) is 0. The third-order valence-corrected chi connectivity index (χ3v) is 2.13. The lowest BCUT2D eigenvalue weighted by atomic mass is 10.0. The Balaban J connectivity index is 2.64. The molecule has 1 fully saturated rings. The second-order valence-electron chi connectivity index (χ2n) is 2.77. The van der Waals surface area contributed by atoms with Crippen LogP contribution in [0.1, 0.15) is 13.8 Å². The van der Waals surface area contributed by atoms with E-state index in [0.717, 1.165) is 0 Å². The van der Waals surface area contributed by atoms with Crippen molar-refractivity contribution in [1.29, 1.82) is 0 Å². The van der Waals surface area contributed by atoms with Gasteiger partial charge in [0, 0.05) is 5.92 Å². The van der Waals surface area contributed by atoms with Crippen LogP contribution in [-0.4, -0.2) is 25.2 Å². The van der Waals surface area contributed by atoms with E-state index in [4.69, 9.17) is 4.74 Å². The molecule has 1 aliphatic heterocycles. The summed E-state index contributed by atoms with van der Waals surface area (Å²) in [7, 11) is 1.78. The smallest absolute Gasteiger partial charge is 0.323 e. The average molecular weight is 143 g/mol. The first kappa shape index (κ1) is 7.54. The van der Waals surface area contributed by atoms with Crippen LogP contribution in [0.15, 0.2) is 0 Å². The Morgan fingerprint density at radius 2 is 2.10 bits per heavy atom. The van der Waals surface area contributed by atoms with Gasteiger partial charge in [0.15, 0.2) is 0 Å². The van der Waals surface area contributed by atoms with E-state index in [1.807, 2.05) is 13.8 Å². The lowest BCUT2D eigenvalue weighted by molar-refractivity contribution is -0.142. The number of ether oxygens (including phenoxy) is 1. The van der Waals surface area contributed by atoms with Gasteiger partial charge in [-0.3, -0.25) is 4.79 Å². The molecular formula is C7H13NO2. The van der Waals surface area contributed by atoms with Crippen LogP contribution >= 0.6 is 0 Å². The van der Waals surface area contributed by atoms with E-state index in [-0.39, 0.29) is 24.0 Å². The van der Waals surface area contributed by atoms with Crippen LogP contribution in [0.5, 0.6) is 0 Å². The van der Waals surface area contributed by atoms with Crippen LogP contribution < -0.4 is 5.32 Å². The molecule has 0 aliphatic carbocycles. The zero-order valence-electron chi connectivity index (χ0n) is 6.55. The van der Waals surface area contributed by atoms with Gasteiger partial charge in [0.1, 0.15) is 12.1 Å². The van der Waals surface area contributed by atoms with Crippen molar-refractivity contribution in [3.8, 4) is 0 Å². The Kier molecular flexibility index (Phi) is 1.94. The highest BCUT2D eigenvalue weighted by Gasteiger charge is 2.37. The summed E-state index contributed by atoms with van der Waals surface area (Å²) in [6, 6.07) is -0.102. The number of cyclic esters (lactones) is 1. The summed E-state index contributed by atoms with van der Waals surface area (Å²) >= 11 is 0. The van der Waals surface area contributed by atoms with Gasteiger partial charge in [0.2, 0.25) is 0 Å². The molecule has 10 heavy (non-hydrogen) atoms. The number of likely N-dealkylation sites (N-methyl/N-ethyl adjacent to an activating group) is 1. The normalized spacial score (nSPS) is 39.9. The van der Waals surface area contributed by atoms with Crippen LogP contribution in [0, 0.1) is 5.92 Å². The summed E-state index contributed by atoms with van der Waals surface area (Å²) < 4.78 is 4.98. The van der Waals surface area contributed by atoms with Crippen molar-refractivity contribution in [3.05, 3.63) is 0 Å². The van der Waals surface area contributed by atoms with E-state index < -0.39 is 0 Å². The number of carbonyl (C=O) groups excluding carboxylic acids is 1. The minimum Gasteiger partial charge on any atom is -0.461 e. The predicted octanol–water partition coefficient (Wildman–Crippen LogP) is 0.156. The maximum atomic E-state index is 10.9. The molecule has 3 heteroatoms. The second-order valence-corrected chi connectivity index (χ2v) is 2.77. The molecule has 3 nitrogen and oxygen atoms in total. The van der Waals surface area contributed by atoms with Gasteiger partial charge in [0.25, 0.3) is 0 Å². The molecule has 1 N–H and O–H groups in total. The predicted molar refractivity (Wildman–Crippen MR) is 37.6 cm³/mol. The van der Waals surface area contributed by atoms with Gasteiger partial charge in [-0.2, -0.15) is 0 Å². The van der Waals surface area contributed by atoms with E-state index >= 15 is 0 Å². The quantitative estimate of drug-likeness (QED) is 0.531. The first-order chi connectivity index (χ1) is 4.66. The Bertz CT molecular complexity index is 147. The summed E-state index contributed by atoms with van der Waals surface area (Å²) in [5, 5.41) is 2.92. The zero-order chi connectivity index (χ0) is 7.72. The minimum absolute atomic E-state index is 0.0601. The summed E-state index contributed by atoms with van der Waals surface area (Å²) in [5.74, 6) is 0.167. The van der Waals surface area contributed by atoms with Crippen molar-refractivity contribution in [2.24, 2.45) is 5.92 Å². The fraction of sp³-hybridized carbons (Fsp3) is 0.857. The molecule has 0 amide bonds. The molecule has 0 unspecified atom stereocenters. The van der Waals surface area contributed by atoms with E-state index in [0.29, 0.717) is 0 Å². The molecule has 0 aromatic rings. The van der Waals surface area contributed by atoms with E-state index in [9.17, 15) is 4.79 Å². The molecule has 0 aromatic carbocycles. The van der Waals surface area contributed by atoms with Crippen LogP contribution in [-0.2, 0) is 9.53 Å². The molecule has 1 aliphatic rings. The highest BCUT2D eigenvalue weighted by molar-refractivity contribution is 5.78. The summed E-state index contributed by atoms with van der Waals surface area (Å²) in [6.07, 6.45) is 0.0601. The van der Waals surface area contributed by atoms with Crippen molar-refractivity contribution in [2.45, 2.75) is 26.0 Å². The van der Waals surface area contributed by atoms with E-state index in [1.54, 1.807) is 7.05 Å². The van der Waals surface area contributed by atoms with Gasteiger partial charge < -0.3 is 10.1 Å². The van der Waals surface area contributed by atoms with Crippen LogP contribution in [0.25, 0.3) is 0 Å². The third kappa shape index (κ3) is 1.01. The van der Waals surface area contributed by atoms with E-state index in [1.165, 1.54) is 0 Å². The monoisotopic (exact) mass is 143 g/mol. The van der Waals surface area contributed by atoms with Gasteiger partial charge in [-0.15, -0.1) is 0 Å². The van der Waals surface area contributed by atoms with E-state index in [2.05, 4.69) is 5.32 Å². The maximum absolute atomic E-state index is 10.9. The molecule has 1 saturated heterocycles. The van der Waals surface area contributed by atoms with Gasteiger partial charge in [-0.1, -0.05) is 6.92 Å². The van der Waals surface area contributed by atoms with Crippen molar-refractivity contribution in [3.63, 3.8) is 0 Å². The summed E-state index contributed by atoms with van der Waals surface area (Å²) in [6.45, 7) is 3.93. The standard InChI is InChI=1S/C7H13NO2/c1-4-5(2)10-7(9)6(4)8-3/h4-6,8H,1-3H3/t4-,5-,6+/m0/s1. The first-order valence-electron chi connectivity index (χ1n) is 3.54. The van der Waals surface area contributed by atoms with Crippen LogP contribution in [0.2, 0.25) is 0 Å². The number of esters is 1. The molecule has 0 saturated carbocycles. The van der Waals surface area contributed by atoms with Gasteiger partial charge in [-0.05, 0) is 14.0 Å². The number of hydrogen-bond donors (Lipinski definition) is 1. The fourth-order valence-electron chi connectivity index (χ4n) is 1.23. The molecule has 0 bridgehead atoms. The molecular weight excluding hydrogens is 130 g/mol. The Morgan fingerprint density at radius 3 is 2.30 bits per heavy atom. The van der Waals surface area contributed by atoms with Crippen molar-refractivity contribution < 1.29 is 9.53 Å². The SMILES string of the molecule is CN[C@H]1C(=O)O[C@@H](C)[C@@H]1C. The molecule has 0 spiro atoms. The highest BCUT2D eigenvalue weighted by atomic mass is 16.6. The van der Waals surface area contributed by atoms with Gasteiger partial charge in [0.05, 0.1) is 0 Å². The largest absolute Gasteiger partial charge is 0.461 e. The Labute approximate surface area is 60.7 Å². The first-order valence-corrected chi connectivity index (χ1v) is 3.54. The maximum Gasteiger partial charge on any atom is 0.323 e. The molecule has 0 aromatic heterocycles. The van der Waals surface area contributed by atoms with Crippen LogP contribution in [0.3, 0.4) is 0 Å². The lowest BCUT2D eigenvalue weighted by Crippen LogP contribution is -2.35. The van der Waals surface area contributed by atoms with Crippen molar-refractivity contribution >= 4 is 5.97 Å². The molecule has 0 radical (unpaired) electrons. The summed E-state index contributed by atoms with van der Waals surface area (Å²) in [4.78, 5) is 10.9. The molecule has 58 valence electrons. The topological polar surface area (TPSA) is 38.3 Å². The number of carbonyl (C=O) groups is 1. The number of nitrogens with one attached hydrogen (secondary N) is 1. The zero-order valence-corrected chi connectivity index (χ0v) is 6.55. The third-order valence-electron chi connectivity index (χ3n) is 2.13. The molecule has 3 atom stereocenters. The second kappa shape index (κ2) is 2.58. The highest BCUT2D eigenvalue weighted by Crippen LogP contribution is 2.20. The van der Waals surface area contributed by atoms with Gasteiger partial charge in [-0.25, -0.2) is 0 Å². The lowest BCUT2D eigenvalue weighted by Gasteiger charge is -2.10. The molecule has 1 heterocycles. The van der Waals surface area contributed by atoms with Crippen LogP contribution in [0.4, 0.5) is 0 Å². The average Bonchev–Trinajstić information content (AvgIpc) is 2.09. The number of hydrogen-bond acceptors (Lipinski definition) is 3. The fourth-order valence-corrected chi connectivity index (χ4v) is 1.23. The Hall–Kier alpha value is -0.570. The van der Waals surface area contributed by atoms with Crippen molar-refractivity contribution in [1.82, 2.24) is 5.32 Å².